The predicted octanol–water partition coefficient (Wildman–Crippen LogP) is 3.69. The maximum absolute atomic E-state index is 12.1. The smallest absolute Gasteiger partial charge is 0.475 e. The summed E-state index contributed by atoms with van der Waals surface area (Å²) < 4.78 is 41.4. The van der Waals surface area contributed by atoms with Gasteiger partial charge >= 0.3 is 24.1 Å². The Morgan fingerprint density at radius 3 is 2.11 bits per heavy atom. The minimum absolute atomic E-state index is 0.00924. The number of ether oxygens (including phenoxy) is 2. The van der Waals surface area contributed by atoms with Crippen molar-refractivity contribution in [1.82, 2.24) is 5.32 Å². The Bertz CT molecular complexity index is 887. The van der Waals surface area contributed by atoms with Gasteiger partial charge in [-0.1, -0.05) is 57.7 Å². The van der Waals surface area contributed by atoms with Crippen LogP contribution in [0.15, 0.2) is 36.4 Å². The standard InChI is InChI=1S/C23H34N2O5.C2HF3O2/c1-4-5-6-7-8-9-14-25-22(27)20(24)16-18-10-12-19(13-11-18)30-23(28)17(2)15-21(26)29-3;3-2(4,5)1(6)7/h10-13,20H,2,4-9,14-16,24H2,1,3H3,(H,25,27);(H,6,7). The summed E-state index contributed by atoms with van der Waals surface area (Å²) in [5, 5.41) is 10.0. The van der Waals surface area contributed by atoms with E-state index in [1.165, 1.54) is 32.8 Å². The minimum atomic E-state index is -5.08. The highest BCUT2D eigenvalue weighted by atomic mass is 19.4. The third kappa shape index (κ3) is 16.0. The Balaban J connectivity index is 0.00000161. The van der Waals surface area contributed by atoms with Crippen LogP contribution in [0.3, 0.4) is 0 Å². The summed E-state index contributed by atoms with van der Waals surface area (Å²) >= 11 is 0. The first-order valence-corrected chi connectivity index (χ1v) is 11.7. The van der Waals surface area contributed by atoms with Crippen molar-refractivity contribution in [3.05, 3.63) is 42.0 Å². The van der Waals surface area contributed by atoms with Crippen LogP contribution in [0.4, 0.5) is 13.2 Å². The first kappa shape index (κ1) is 33.6. The van der Waals surface area contributed by atoms with E-state index in [2.05, 4.69) is 23.6 Å². The lowest BCUT2D eigenvalue weighted by Gasteiger charge is -2.13. The van der Waals surface area contributed by atoms with Gasteiger partial charge in [0.25, 0.3) is 0 Å². The van der Waals surface area contributed by atoms with Gasteiger partial charge in [0.1, 0.15) is 5.75 Å². The Kier molecular flexibility index (Phi) is 16.3. The predicted molar refractivity (Wildman–Crippen MR) is 130 cm³/mol. The van der Waals surface area contributed by atoms with Crippen LogP contribution in [0.5, 0.6) is 5.75 Å². The van der Waals surface area contributed by atoms with Crippen LogP contribution in [0.2, 0.25) is 0 Å². The van der Waals surface area contributed by atoms with Crippen molar-refractivity contribution >= 4 is 23.8 Å². The van der Waals surface area contributed by atoms with Crippen molar-refractivity contribution in [2.45, 2.75) is 70.5 Å². The average molecular weight is 533 g/mol. The van der Waals surface area contributed by atoms with Crippen molar-refractivity contribution in [3.8, 4) is 5.75 Å². The van der Waals surface area contributed by atoms with Gasteiger partial charge in [-0.3, -0.25) is 9.59 Å². The van der Waals surface area contributed by atoms with E-state index < -0.39 is 30.1 Å². The molecule has 208 valence electrons. The summed E-state index contributed by atoms with van der Waals surface area (Å²) in [4.78, 5) is 44.1. The fourth-order valence-corrected chi connectivity index (χ4v) is 2.79. The van der Waals surface area contributed by atoms with Gasteiger partial charge in [0.05, 0.1) is 19.6 Å². The van der Waals surface area contributed by atoms with Gasteiger partial charge in [0.2, 0.25) is 5.91 Å². The number of nitrogens with one attached hydrogen (secondary N) is 1. The number of carboxylic acids is 1. The van der Waals surface area contributed by atoms with Crippen LogP contribution in [0.1, 0.15) is 57.4 Å². The number of alkyl halides is 3. The molecule has 0 aromatic heterocycles. The molecule has 1 amide bonds. The molecule has 0 radical (unpaired) electrons. The molecule has 9 nitrogen and oxygen atoms in total. The van der Waals surface area contributed by atoms with Crippen LogP contribution in [0.25, 0.3) is 0 Å². The SMILES string of the molecule is C=C(CC(=O)OC)C(=O)Oc1ccc(CC(N)C(=O)NCCCCCCCC)cc1.O=C(O)C(F)(F)F. The Morgan fingerprint density at radius 2 is 1.59 bits per heavy atom. The van der Waals surface area contributed by atoms with Gasteiger partial charge < -0.3 is 25.6 Å². The number of nitrogens with two attached hydrogens (primary N) is 1. The zero-order valence-corrected chi connectivity index (χ0v) is 21.1. The van der Waals surface area contributed by atoms with Crippen molar-refractivity contribution in [2.24, 2.45) is 5.73 Å². The largest absolute Gasteiger partial charge is 0.490 e. The van der Waals surface area contributed by atoms with Crippen molar-refractivity contribution < 1.29 is 46.9 Å². The Morgan fingerprint density at radius 1 is 1.05 bits per heavy atom. The molecular weight excluding hydrogens is 497 g/mol. The molecule has 0 aliphatic heterocycles. The topological polar surface area (TPSA) is 145 Å². The van der Waals surface area contributed by atoms with Crippen LogP contribution >= 0.6 is 0 Å². The van der Waals surface area contributed by atoms with Crippen LogP contribution < -0.4 is 15.8 Å². The Hall–Kier alpha value is -3.41. The second-order valence-corrected chi connectivity index (χ2v) is 8.06. The fourth-order valence-electron chi connectivity index (χ4n) is 2.79. The highest BCUT2D eigenvalue weighted by Gasteiger charge is 2.38. The molecule has 1 unspecified atom stereocenters. The zero-order valence-electron chi connectivity index (χ0n) is 21.1. The molecule has 1 rings (SSSR count). The lowest BCUT2D eigenvalue weighted by atomic mass is 10.1. The summed E-state index contributed by atoms with van der Waals surface area (Å²) in [5.41, 5.74) is 6.86. The molecule has 0 fully saturated rings. The normalized spacial score (nSPS) is 11.4. The fraction of sp³-hybridized carbons (Fsp3) is 0.520. The van der Waals surface area contributed by atoms with Gasteiger partial charge in [-0.25, -0.2) is 9.59 Å². The van der Waals surface area contributed by atoms with Gasteiger partial charge in [-0.2, -0.15) is 13.2 Å². The first-order chi connectivity index (χ1) is 17.3. The monoisotopic (exact) mass is 532 g/mol. The molecule has 0 saturated heterocycles. The number of rotatable bonds is 14. The number of amides is 1. The van der Waals surface area contributed by atoms with E-state index in [0.717, 1.165) is 18.4 Å². The van der Waals surface area contributed by atoms with E-state index in [0.29, 0.717) is 18.7 Å². The highest BCUT2D eigenvalue weighted by molar-refractivity contribution is 5.94. The number of methoxy groups -OCH3 is 1. The maximum Gasteiger partial charge on any atom is 0.490 e. The third-order valence-corrected chi connectivity index (χ3v) is 4.87. The molecular formula is C25H35F3N2O7. The summed E-state index contributed by atoms with van der Waals surface area (Å²) in [6, 6.07) is 6.07. The number of aliphatic carboxylic acids is 1. The second kappa shape index (κ2) is 17.9. The van der Waals surface area contributed by atoms with Gasteiger partial charge in [-0.15, -0.1) is 0 Å². The summed E-state index contributed by atoms with van der Waals surface area (Å²) in [6.07, 6.45) is 2.07. The number of hydrogen-bond acceptors (Lipinski definition) is 7. The number of carboxylic acid groups (broad SMARTS) is 1. The van der Waals surface area contributed by atoms with Crippen molar-refractivity contribution in [2.75, 3.05) is 13.7 Å². The van der Waals surface area contributed by atoms with Crippen LogP contribution in [0, 0.1) is 0 Å². The average Bonchev–Trinajstić information content (AvgIpc) is 2.84. The molecule has 0 heterocycles. The van der Waals surface area contributed by atoms with E-state index >= 15 is 0 Å². The molecule has 4 N–H and O–H groups in total. The number of benzene rings is 1. The quantitative estimate of drug-likeness (QED) is 0.142. The van der Waals surface area contributed by atoms with Crippen molar-refractivity contribution in [1.29, 1.82) is 0 Å². The lowest BCUT2D eigenvalue weighted by Crippen LogP contribution is -2.42. The summed E-state index contributed by atoms with van der Waals surface area (Å²) in [6.45, 7) is 6.36. The van der Waals surface area contributed by atoms with Crippen LogP contribution in [-0.4, -0.2) is 54.8 Å². The van der Waals surface area contributed by atoms with Gasteiger partial charge in [0.15, 0.2) is 0 Å². The number of carbonyl (C=O) groups excluding carboxylic acids is 3. The van der Waals surface area contributed by atoms with E-state index in [9.17, 15) is 27.6 Å². The number of esters is 2. The van der Waals surface area contributed by atoms with Gasteiger partial charge in [-0.05, 0) is 30.5 Å². The van der Waals surface area contributed by atoms with Crippen LogP contribution in [-0.2, 0) is 30.3 Å². The molecule has 0 bridgehead atoms. The molecule has 0 saturated carbocycles. The molecule has 1 atom stereocenters. The maximum atomic E-state index is 12.1. The van der Waals surface area contributed by atoms with Gasteiger partial charge in [0, 0.05) is 12.1 Å². The lowest BCUT2D eigenvalue weighted by molar-refractivity contribution is -0.192. The summed E-state index contributed by atoms with van der Waals surface area (Å²) in [7, 11) is 1.24. The molecule has 0 aliphatic rings. The van der Waals surface area contributed by atoms with E-state index in [-0.39, 0.29) is 17.9 Å². The molecule has 37 heavy (non-hydrogen) atoms. The highest BCUT2D eigenvalue weighted by Crippen LogP contribution is 2.16. The number of halogens is 3. The molecule has 0 aliphatic carbocycles. The van der Waals surface area contributed by atoms with E-state index in [4.69, 9.17) is 20.4 Å². The van der Waals surface area contributed by atoms with E-state index in [1.54, 1.807) is 24.3 Å². The minimum Gasteiger partial charge on any atom is -0.475 e. The first-order valence-electron chi connectivity index (χ1n) is 11.7. The number of carbonyl (C=O) groups is 4. The van der Waals surface area contributed by atoms with Crippen molar-refractivity contribution in [3.63, 3.8) is 0 Å². The number of hydrogen-bond donors (Lipinski definition) is 3. The zero-order chi connectivity index (χ0) is 28.4. The van der Waals surface area contributed by atoms with E-state index in [1.807, 2.05) is 0 Å². The summed E-state index contributed by atoms with van der Waals surface area (Å²) in [5.74, 6) is -3.86. The number of unbranched alkanes of at least 4 members (excludes halogenated alkanes) is 5. The molecule has 1 aromatic carbocycles. The second-order valence-electron chi connectivity index (χ2n) is 8.06. The molecule has 12 heteroatoms. The third-order valence-electron chi connectivity index (χ3n) is 4.87. The Labute approximate surface area is 214 Å². The molecule has 1 aromatic rings. The molecule has 0 spiro atoms.